The molecule has 2 N–H and O–H groups in total. The summed E-state index contributed by atoms with van der Waals surface area (Å²) in [5.74, 6) is -1.09. The summed E-state index contributed by atoms with van der Waals surface area (Å²) in [6, 6.07) is 17.8. The van der Waals surface area contributed by atoms with Gasteiger partial charge in [0.1, 0.15) is 23.0 Å². The summed E-state index contributed by atoms with van der Waals surface area (Å²) >= 11 is 6.29. The number of nitrogens with one attached hydrogen (secondary N) is 1. The van der Waals surface area contributed by atoms with Crippen molar-refractivity contribution in [1.29, 1.82) is 0 Å². The lowest BCUT2D eigenvalue weighted by Gasteiger charge is -2.11. The van der Waals surface area contributed by atoms with Crippen LogP contribution in [0.1, 0.15) is 40.6 Å². The first kappa shape index (κ1) is 24.3. The van der Waals surface area contributed by atoms with Crippen LogP contribution in [0.4, 0.5) is 10.2 Å². The van der Waals surface area contributed by atoms with Gasteiger partial charge >= 0.3 is 0 Å². The predicted octanol–water partition coefficient (Wildman–Crippen LogP) is 5.32. The highest BCUT2D eigenvalue weighted by Crippen LogP contribution is 2.27. The number of carbonyl (C=O) groups excluding carboxylic acids is 2. The Bertz CT molecular complexity index is 1370. The van der Waals surface area contributed by atoms with Crippen LogP contribution < -0.4 is 5.32 Å². The Hall–Kier alpha value is -3.88. The van der Waals surface area contributed by atoms with E-state index in [0.29, 0.717) is 17.7 Å². The normalized spacial score (nSPS) is 11.8. The van der Waals surface area contributed by atoms with Crippen molar-refractivity contribution >= 4 is 29.1 Å². The predicted molar refractivity (Wildman–Crippen MR) is 131 cm³/mol. The smallest absolute Gasteiger partial charge is 0.258 e. The Morgan fingerprint density at radius 2 is 1.89 bits per heavy atom. The lowest BCUT2D eigenvalue weighted by atomic mass is 10.1. The molecule has 0 saturated heterocycles. The number of Topliss-reactive ketones (excluding diaryl/α,β-unsaturated/α-hetero) is 1. The molecule has 9 heteroatoms. The summed E-state index contributed by atoms with van der Waals surface area (Å²) in [6.45, 7) is 1.61. The molecule has 35 heavy (non-hydrogen) atoms. The third kappa shape index (κ3) is 5.62. The Morgan fingerprint density at radius 1 is 1.11 bits per heavy atom. The molecule has 0 aliphatic carbocycles. The van der Waals surface area contributed by atoms with Gasteiger partial charge in [-0.1, -0.05) is 35.9 Å². The van der Waals surface area contributed by atoms with Gasteiger partial charge in [-0.2, -0.15) is 5.10 Å². The number of anilines is 1. The van der Waals surface area contributed by atoms with E-state index in [0.717, 1.165) is 0 Å². The Morgan fingerprint density at radius 3 is 2.60 bits per heavy atom. The number of rotatable bonds is 8. The first-order valence-electron chi connectivity index (χ1n) is 10.9. The highest BCUT2D eigenvalue weighted by atomic mass is 35.5. The van der Waals surface area contributed by atoms with Crippen LogP contribution in [0.15, 0.2) is 72.9 Å². The average molecular weight is 493 g/mol. The minimum absolute atomic E-state index is 0.0959. The van der Waals surface area contributed by atoms with Crippen molar-refractivity contribution in [2.75, 3.05) is 5.32 Å². The van der Waals surface area contributed by atoms with Gasteiger partial charge in [0.05, 0.1) is 22.4 Å². The number of aliphatic hydroxyl groups is 1. The number of amides is 1. The number of nitrogens with zero attached hydrogens (tertiary/aromatic N) is 3. The second kappa shape index (κ2) is 10.6. The zero-order chi connectivity index (χ0) is 24.9. The fourth-order valence-corrected chi connectivity index (χ4v) is 3.67. The number of carbonyl (C=O) groups is 2. The van der Waals surface area contributed by atoms with Crippen LogP contribution in [-0.4, -0.2) is 37.7 Å². The first-order chi connectivity index (χ1) is 16.8. The van der Waals surface area contributed by atoms with E-state index in [1.807, 2.05) is 6.07 Å². The summed E-state index contributed by atoms with van der Waals surface area (Å²) < 4.78 is 15.7. The molecule has 1 amide bonds. The highest BCUT2D eigenvalue weighted by molar-refractivity contribution is 6.34. The molecule has 178 valence electrons. The lowest BCUT2D eigenvalue weighted by molar-refractivity contribution is 0.0943. The number of aliphatic hydroxyl groups excluding tert-OH is 1. The second-order valence-electron chi connectivity index (χ2n) is 7.96. The van der Waals surface area contributed by atoms with Crippen LogP contribution >= 0.6 is 11.6 Å². The highest BCUT2D eigenvalue weighted by Gasteiger charge is 2.20. The third-order valence-electron chi connectivity index (χ3n) is 5.27. The van der Waals surface area contributed by atoms with Crippen molar-refractivity contribution in [2.24, 2.45) is 0 Å². The average Bonchev–Trinajstić information content (AvgIpc) is 3.27. The first-order valence-corrected chi connectivity index (χ1v) is 11.3. The molecule has 0 fully saturated rings. The molecule has 2 aromatic heterocycles. The maximum absolute atomic E-state index is 14.2. The molecule has 7 nitrogen and oxygen atoms in total. The quantitative estimate of drug-likeness (QED) is 0.324. The van der Waals surface area contributed by atoms with Crippen LogP contribution in [-0.2, 0) is 0 Å². The van der Waals surface area contributed by atoms with Crippen LogP contribution in [0.3, 0.4) is 0 Å². The Kier molecular flexibility index (Phi) is 7.33. The molecular weight excluding hydrogens is 471 g/mol. The number of ketones is 1. The number of aromatic nitrogens is 3. The van der Waals surface area contributed by atoms with Crippen molar-refractivity contribution in [2.45, 2.75) is 25.9 Å². The molecule has 0 radical (unpaired) electrons. The molecule has 4 rings (SSSR count). The zero-order valence-corrected chi connectivity index (χ0v) is 19.5. The van der Waals surface area contributed by atoms with E-state index in [2.05, 4.69) is 15.4 Å². The summed E-state index contributed by atoms with van der Waals surface area (Å²) in [4.78, 5) is 29.9. The Balaban J connectivity index is 1.68. The third-order valence-corrected chi connectivity index (χ3v) is 5.60. The summed E-state index contributed by atoms with van der Waals surface area (Å²) in [7, 11) is 0. The number of para-hydroxylation sites is 1. The fraction of sp³-hybridized carbons (Fsp3) is 0.154. The SMILES string of the molecule is C[C@@H](O)CCC(=O)c1cc(NC(=O)c2cc(-c3ncccc3F)ccc2Cl)n(-c2ccccc2)n1. The van der Waals surface area contributed by atoms with Crippen LogP contribution in [0.2, 0.25) is 5.02 Å². The van der Waals surface area contributed by atoms with Gasteiger partial charge in [-0.05, 0) is 49.7 Å². The molecule has 4 aromatic rings. The van der Waals surface area contributed by atoms with Gasteiger partial charge in [0.2, 0.25) is 0 Å². The fourth-order valence-electron chi connectivity index (χ4n) is 3.47. The van der Waals surface area contributed by atoms with E-state index < -0.39 is 17.8 Å². The van der Waals surface area contributed by atoms with Gasteiger partial charge < -0.3 is 10.4 Å². The molecule has 0 aliphatic heterocycles. The molecule has 0 aliphatic rings. The van der Waals surface area contributed by atoms with Crippen molar-refractivity contribution in [1.82, 2.24) is 14.8 Å². The van der Waals surface area contributed by atoms with E-state index >= 15 is 0 Å². The monoisotopic (exact) mass is 492 g/mol. The van der Waals surface area contributed by atoms with Gasteiger partial charge in [-0.15, -0.1) is 0 Å². The Labute approximate surface area is 206 Å². The molecule has 2 aromatic carbocycles. The van der Waals surface area contributed by atoms with Crippen molar-refractivity contribution in [3.05, 3.63) is 95.0 Å². The van der Waals surface area contributed by atoms with Gasteiger partial charge in [0, 0.05) is 24.2 Å². The largest absolute Gasteiger partial charge is 0.393 e. The maximum atomic E-state index is 14.2. The summed E-state index contributed by atoms with van der Waals surface area (Å²) in [5.41, 5.74) is 1.38. The van der Waals surface area contributed by atoms with E-state index in [4.69, 9.17) is 11.6 Å². The maximum Gasteiger partial charge on any atom is 0.258 e. The van der Waals surface area contributed by atoms with Crippen molar-refractivity contribution < 1.29 is 19.1 Å². The van der Waals surface area contributed by atoms with E-state index in [1.54, 1.807) is 37.3 Å². The van der Waals surface area contributed by atoms with Gasteiger partial charge in [-0.25, -0.2) is 9.07 Å². The molecule has 2 heterocycles. The van der Waals surface area contributed by atoms with Gasteiger partial charge in [-0.3, -0.25) is 14.6 Å². The number of hydrogen-bond donors (Lipinski definition) is 2. The number of hydrogen-bond acceptors (Lipinski definition) is 5. The topological polar surface area (TPSA) is 97.1 Å². The van der Waals surface area contributed by atoms with Gasteiger partial charge in [0.25, 0.3) is 5.91 Å². The number of pyridine rings is 1. The second-order valence-corrected chi connectivity index (χ2v) is 8.36. The molecule has 0 unspecified atom stereocenters. The molecule has 1 atom stereocenters. The molecule has 0 bridgehead atoms. The van der Waals surface area contributed by atoms with Crippen LogP contribution in [0, 0.1) is 5.82 Å². The van der Waals surface area contributed by atoms with Gasteiger partial charge in [0.15, 0.2) is 5.78 Å². The summed E-state index contributed by atoms with van der Waals surface area (Å²) in [5, 5.41) is 16.8. The van der Waals surface area contributed by atoms with Crippen molar-refractivity contribution in [3.8, 4) is 16.9 Å². The van der Waals surface area contributed by atoms with E-state index in [1.165, 1.54) is 41.2 Å². The standard InChI is InChI=1S/C26H22ClFN4O3/c1-16(33)9-12-23(34)22-15-24(32(31-22)18-6-3-2-4-7-18)30-26(35)19-14-17(10-11-20(19)27)25-21(28)8-5-13-29-25/h2-8,10-11,13-16,33H,9,12H2,1H3,(H,30,35)/t16-/m1/s1. The van der Waals surface area contributed by atoms with Crippen molar-refractivity contribution in [3.63, 3.8) is 0 Å². The number of benzene rings is 2. The van der Waals surface area contributed by atoms with Crippen LogP contribution in [0.25, 0.3) is 16.9 Å². The minimum atomic E-state index is -0.618. The zero-order valence-electron chi connectivity index (χ0n) is 18.8. The molecular formula is C26H22ClFN4O3. The minimum Gasteiger partial charge on any atom is -0.393 e. The molecule has 0 saturated carbocycles. The summed E-state index contributed by atoms with van der Waals surface area (Å²) in [6.07, 6.45) is 1.25. The number of halogens is 2. The molecule has 0 spiro atoms. The van der Waals surface area contributed by atoms with E-state index in [-0.39, 0.29) is 40.0 Å². The lowest BCUT2D eigenvalue weighted by Crippen LogP contribution is -2.15. The van der Waals surface area contributed by atoms with E-state index in [9.17, 15) is 19.1 Å². The van der Waals surface area contributed by atoms with Crippen LogP contribution in [0.5, 0.6) is 0 Å².